The molecule has 0 saturated carbocycles. The van der Waals surface area contributed by atoms with Gasteiger partial charge in [-0.25, -0.2) is 0 Å². The minimum atomic E-state index is -0.374. The van der Waals surface area contributed by atoms with E-state index in [1.165, 1.54) is 0 Å². The predicted octanol–water partition coefficient (Wildman–Crippen LogP) is 0.821. The van der Waals surface area contributed by atoms with Crippen LogP contribution in [0.2, 0.25) is 0 Å². The Bertz CT molecular complexity index is 412. The molecule has 5 nitrogen and oxygen atoms in total. The van der Waals surface area contributed by atoms with Gasteiger partial charge in [0.25, 0.3) is 0 Å². The second kappa shape index (κ2) is 3.55. The van der Waals surface area contributed by atoms with Crippen molar-refractivity contribution in [3.05, 3.63) is 41.8 Å². The zero-order valence-electron chi connectivity index (χ0n) is 7.71. The number of pyridine rings is 1. The van der Waals surface area contributed by atoms with Gasteiger partial charge < -0.3 is 10.3 Å². The van der Waals surface area contributed by atoms with Crippen LogP contribution in [0.5, 0.6) is 0 Å². The molecule has 0 unspecified atom stereocenters. The Hall–Kier alpha value is -1.75. The van der Waals surface area contributed by atoms with Crippen LogP contribution in [0.4, 0.5) is 0 Å². The molecule has 2 aromatic rings. The number of hydrogen-bond donors (Lipinski definition) is 1. The molecule has 0 fully saturated rings. The summed E-state index contributed by atoms with van der Waals surface area (Å²) >= 11 is 0. The smallest absolute Gasteiger partial charge is 0.223 e. The Labute approximate surface area is 81.0 Å². The van der Waals surface area contributed by atoms with E-state index in [1.54, 1.807) is 19.3 Å². The molecule has 2 rings (SSSR count). The lowest BCUT2D eigenvalue weighted by Crippen LogP contribution is -2.13. The highest BCUT2D eigenvalue weighted by molar-refractivity contribution is 5.19. The molecule has 1 atom stereocenters. The van der Waals surface area contributed by atoms with E-state index in [0.29, 0.717) is 11.7 Å². The summed E-state index contributed by atoms with van der Waals surface area (Å²) in [4.78, 5) is 8.03. The molecule has 0 aromatic carbocycles. The van der Waals surface area contributed by atoms with Gasteiger partial charge in [-0.3, -0.25) is 4.98 Å². The second-order valence-electron chi connectivity index (χ2n) is 2.94. The van der Waals surface area contributed by atoms with E-state index in [2.05, 4.69) is 15.1 Å². The lowest BCUT2D eigenvalue weighted by atomic mass is 10.1. The molecule has 0 aliphatic heterocycles. The summed E-state index contributed by atoms with van der Waals surface area (Å²) in [5.74, 6) is 0.995. The molecular weight excluding hydrogens is 180 g/mol. The minimum absolute atomic E-state index is 0.374. The molecule has 0 amide bonds. The summed E-state index contributed by atoms with van der Waals surface area (Å²) in [6.45, 7) is 1.73. The Balaban J connectivity index is 2.29. The van der Waals surface area contributed by atoms with Crippen LogP contribution in [-0.2, 0) is 0 Å². The zero-order chi connectivity index (χ0) is 9.97. The van der Waals surface area contributed by atoms with Crippen molar-refractivity contribution in [1.82, 2.24) is 15.1 Å². The van der Waals surface area contributed by atoms with Gasteiger partial charge >= 0.3 is 0 Å². The van der Waals surface area contributed by atoms with Gasteiger partial charge in [-0.1, -0.05) is 11.2 Å². The molecule has 0 spiro atoms. The van der Waals surface area contributed by atoms with E-state index in [-0.39, 0.29) is 6.04 Å². The lowest BCUT2D eigenvalue weighted by molar-refractivity contribution is 0.385. The van der Waals surface area contributed by atoms with E-state index in [9.17, 15) is 0 Å². The van der Waals surface area contributed by atoms with Crippen LogP contribution in [0.3, 0.4) is 0 Å². The molecule has 2 heterocycles. The largest absolute Gasteiger partial charge is 0.340 e. The van der Waals surface area contributed by atoms with Crippen LogP contribution < -0.4 is 5.73 Å². The third-order valence-electron chi connectivity index (χ3n) is 1.86. The molecular formula is C9H10N4O. The molecule has 0 bridgehead atoms. The summed E-state index contributed by atoms with van der Waals surface area (Å²) in [6.07, 6.45) is 3.38. The maximum atomic E-state index is 5.90. The Kier molecular flexibility index (Phi) is 2.24. The highest BCUT2D eigenvalue weighted by Gasteiger charge is 2.14. The fourth-order valence-electron chi connectivity index (χ4n) is 1.15. The average Bonchev–Trinajstić information content (AvgIpc) is 2.65. The summed E-state index contributed by atoms with van der Waals surface area (Å²) in [7, 11) is 0. The first-order chi connectivity index (χ1) is 6.77. The lowest BCUT2D eigenvalue weighted by Gasteiger charge is -2.05. The zero-order valence-corrected chi connectivity index (χ0v) is 7.71. The van der Waals surface area contributed by atoms with Crippen molar-refractivity contribution in [2.24, 2.45) is 5.73 Å². The summed E-state index contributed by atoms with van der Waals surface area (Å²) in [5.41, 5.74) is 6.77. The van der Waals surface area contributed by atoms with Crippen LogP contribution in [0.25, 0.3) is 0 Å². The molecule has 72 valence electrons. The van der Waals surface area contributed by atoms with Gasteiger partial charge in [0.15, 0.2) is 5.82 Å². The monoisotopic (exact) mass is 190 g/mol. The summed E-state index contributed by atoms with van der Waals surface area (Å²) in [5, 5.41) is 3.75. The van der Waals surface area contributed by atoms with Crippen molar-refractivity contribution in [2.75, 3.05) is 0 Å². The third-order valence-corrected chi connectivity index (χ3v) is 1.86. The standard InChI is InChI=1S/C9H10N4O/c1-6-12-9(13-14-6)8(10)7-3-2-4-11-5-7/h2-5,8H,10H2,1H3/t8-/m0/s1. The Morgan fingerprint density at radius 1 is 1.50 bits per heavy atom. The van der Waals surface area contributed by atoms with Gasteiger partial charge in [0.2, 0.25) is 5.89 Å². The van der Waals surface area contributed by atoms with Crippen LogP contribution >= 0.6 is 0 Å². The van der Waals surface area contributed by atoms with Crippen molar-refractivity contribution < 1.29 is 4.52 Å². The quantitative estimate of drug-likeness (QED) is 0.758. The second-order valence-corrected chi connectivity index (χ2v) is 2.94. The van der Waals surface area contributed by atoms with Crippen molar-refractivity contribution in [3.63, 3.8) is 0 Å². The highest BCUT2D eigenvalue weighted by atomic mass is 16.5. The molecule has 0 saturated heterocycles. The maximum Gasteiger partial charge on any atom is 0.223 e. The number of aryl methyl sites for hydroxylation is 1. The maximum absolute atomic E-state index is 5.90. The van der Waals surface area contributed by atoms with Gasteiger partial charge in [0.05, 0.1) is 6.04 Å². The van der Waals surface area contributed by atoms with Gasteiger partial charge in [0.1, 0.15) is 0 Å². The summed E-state index contributed by atoms with van der Waals surface area (Å²) in [6, 6.07) is 3.33. The predicted molar refractivity (Wildman–Crippen MR) is 49.3 cm³/mol. The van der Waals surface area contributed by atoms with Crippen molar-refractivity contribution in [2.45, 2.75) is 13.0 Å². The SMILES string of the molecule is Cc1nc([C@@H](N)c2cccnc2)no1. The molecule has 0 aliphatic carbocycles. The number of aromatic nitrogens is 3. The van der Waals surface area contributed by atoms with Gasteiger partial charge in [-0.15, -0.1) is 0 Å². The molecule has 0 aliphatic rings. The molecule has 2 N–H and O–H groups in total. The van der Waals surface area contributed by atoms with E-state index >= 15 is 0 Å². The first-order valence-electron chi connectivity index (χ1n) is 4.23. The van der Waals surface area contributed by atoms with E-state index in [0.717, 1.165) is 5.56 Å². The fourth-order valence-corrected chi connectivity index (χ4v) is 1.15. The van der Waals surface area contributed by atoms with Gasteiger partial charge in [0, 0.05) is 19.3 Å². The molecule has 5 heteroatoms. The van der Waals surface area contributed by atoms with Crippen molar-refractivity contribution >= 4 is 0 Å². The first-order valence-corrected chi connectivity index (χ1v) is 4.23. The number of nitrogens with two attached hydrogens (primary N) is 1. The van der Waals surface area contributed by atoms with Crippen molar-refractivity contribution in [1.29, 1.82) is 0 Å². The Morgan fingerprint density at radius 2 is 2.36 bits per heavy atom. The Morgan fingerprint density at radius 3 is 2.93 bits per heavy atom. The highest BCUT2D eigenvalue weighted by Crippen LogP contribution is 2.14. The molecule has 14 heavy (non-hydrogen) atoms. The number of nitrogens with zero attached hydrogens (tertiary/aromatic N) is 3. The average molecular weight is 190 g/mol. The third kappa shape index (κ3) is 1.62. The van der Waals surface area contributed by atoms with E-state index in [1.807, 2.05) is 12.1 Å². The van der Waals surface area contributed by atoms with Crippen LogP contribution in [-0.4, -0.2) is 15.1 Å². The van der Waals surface area contributed by atoms with Gasteiger partial charge in [-0.2, -0.15) is 4.98 Å². The normalized spacial score (nSPS) is 12.7. The topological polar surface area (TPSA) is 77.8 Å². The van der Waals surface area contributed by atoms with Gasteiger partial charge in [-0.05, 0) is 11.6 Å². The van der Waals surface area contributed by atoms with Crippen LogP contribution in [0.1, 0.15) is 23.3 Å². The number of hydrogen-bond acceptors (Lipinski definition) is 5. The molecule has 2 aromatic heterocycles. The van der Waals surface area contributed by atoms with Crippen LogP contribution in [0.15, 0.2) is 29.0 Å². The van der Waals surface area contributed by atoms with E-state index in [4.69, 9.17) is 10.3 Å². The summed E-state index contributed by atoms with van der Waals surface area (Å²) < 4.78 is 4.85. The minimum Gasteiger partial charge on any atom is -0.340 e. The van der Waals surface area contributed by atoms with Crippen LogP contribution in [0, 0.1) is 6.92 Å². The first kappa shape index (κ1) is 8.83. The van der Waals surface area contributed by atoms with E-state index < -0.39 is 0 Å². The molecule has 0 radical (unpaired) electrons. The van der Waals surface area contributed by atoms with Crippen molar-refractivity contribution in [3.8, 4) is 0 Å². The number of rotatable bonds is 2. The fraction of sp³-hybridized carbons (Fsp3) is 0.222.